The molecule has 2 aromatic carbocycles. The third kappa shape index (κ3) is 3.56. The second-order valence-electron chi connectivity index (χ2n) is 5.20. The molecule has 0 aliphatic carbocycles. The van der Waals surface area contributed by atoms with Crippen LogP contribution in [-0.2, 0) is 4.79 Å². The molecule has 1 aliphatic heterocycles. The van der Waals surface area contributed by atoms with Crippen molar-refractivity contribution in [3.8, 4) is 17.2 Å². The van der Waals surface area contributed by atoms with E-state index >= 15 is 0 Å². The minimum absolute atomic E-state index is 0.181. The smallest absolute Gasteiger partial charge is 0.269 e. The van der Waals surface area contributed by atoms with Crippen LogP contribution in [0.4, 0.5) is 5.69 Å². The Morgan fingerprint density at radius 3 is 2.74 bits per heavy atom. The van der Waals surface area contributed by atoms with E-state index in [0.29, 0.717) is 29.5 Å². The maximum Gasteiger partial charge on any atom is 0.269 e. The number of carbonyl (C=O) groups is 1. The topological polar surface area (TPSA) is 56.8 Å². The fourth-order valence-corrected chi connectivity index (χ4v) is 2.27. The average molecular weight is 313 g/mol. The molecule has 23 heavy (non-hydrogen) atoms. The zero-order valence-electron chi connectivity index (χ0n) is 13.0. The van der Waals surface area contributed by atoms with Gasteiger partial charge in [-0.15, -0.1) is 0 Å². The van der Waals surface area contributed by atoms with Crippen molar-refractivity contribution in [1.29, 1.82) is 0 Å². The first-order chi connectivity index (χ1) is 11.3. The number of anilines is 1. The van der Waals surface area contributed by atoms with Gasteiger partial charge in [-0.25, -0.2) is 0 Å². The summed E-state index contributed by atoms with van der Waals surface area (Å²) in [5.74, 6) is 1.63. The Kier molecular flexibility index (Phi) is 4.66. The summed E-state index contributed by atoms with van der Waals surface area (Å²) >= 11 is 0. The van der Waals surface area contributed by atoms with Gasteiger partial charge in [0.05, 0.1) is 12.3 Å². The summed E-state index contributed by atoms with van der Waals surface area (Å²) in [5, 5.41) is 2.85. The second kappa shape index (κ2) is 7.05. The fourth-order valence-electron chi connectivity index (χ4n) is 2.27. The Bertz CT molecular complexity index is 686. The number of benzene rings is 2. The molecule has 0 unspecified atom stereocenters. The molecule has 0 saturated heterocycles. The summed E-state index contributed by atoms with van der Waals surface area (Å²) in [6, 6.07) is 14.7. The molecule has 120 valence electrons. The number of fused-ring (bicyclic) bond motifs is 1. The van der Waals surface area contributed by atoms with E-state index in [1.807, 2.05) is 43.3 Å². The molecule has 5 nitrogen and oxygen atoms in total. The van der Waals surface area contributed by atoms with E-state index in [0.717, 1.165) is 6.42 Å². The number of ether oxygens (including phenoxy) is 3. The monoisotopic (exact) mass is 313 g/mol. The number of nitrogens with one attached hydrogen (secondary N) is 1. The number of hydrogen-bond acceptors (Lipinski definition) is 4. The van der Waals surface area contributed by atoms with Crippen LogP contribution < -0.4 is 19.5 Å². The summed E-state index contributed by atoms with van der Waals surface area (Å²) in [6.07, 6.45) is 0.211. The van der Waals surface area contributed by atoms with Crippen LogP contribution in [0.1, 0.15) is 13.3 Å². The van der Waals surface area contributed by atoms with Crippen LogP contribution in [-0.4, -0.2) is 25.2 Å². The number of hydrogen-bond donors (Lipinski definition) is 1. The van der Waals surface area contributed by atoms with Gasteiger partial charge in [0.15, 0.2) is 11.5 Å². The van der Waals surface area contributed by atoms with Gasteiger partial charge < -0.3 is 19.5 Å². The Labute approximate surface area is 135 Å². The van der Waals surface area contributed by atoms with Crippen molar-refractivity contribution < 1.29 is 19.0 Å². The molecule has 5 heteroatoms. The van der Waals surface area contributed by atoms with Gasteiger partial charge in [-0.3, -0.25) is 4.79 Å². The van der Waals surface area contributed by atoms with Gasteiger partial charge in [-0.2, -0.15) is 0 Å². The summed E-state index contributed by atoms with van der Waals surface area (Å²) in [5.41, 5.74) is 0.633. The van der Waals surface area contributed by atoms with E-state index in [-0.39, 0.29) is 12.5 Å². The Morgan fingerprint density at radius 1 is 1.17 bits per heavy atom. The molecule has 0 bridgehead atoms. The van der Waals surface area contributed by atoms with E-state index in [9.17, 15) is 4.79 Å². The van der Waals surface area contributed by atoms with Crippen molar-refractivity contribution >= 4 is 11.6 Å². The van der Waals surface area contributed by atoms with Gasteiger partial charge in [0.25, 0.3) is 5.91 Å². The predicted octanol–water partition coefficient (Wildman–Crippen LogP) is 3.25. The first-order valence-electron chi connectivity index (χ1n) is 7.69. The van der Waals surface area contributed by atoms with Gasteiger partial charge in [-0.1, -0.05) is 31.2 Å². The normalized spacial score (nSPS) is 15.8. The molecule has 1 amide bonds. The third-order valence-corrected chi connectivity index (χ3v) is 3.41. The average Bonchev–Trinajstić information content (AvgIpc) is 2.60. The summed E-state index contributed by atoms with van der Waals surface area (Å²) < 4.78 is 16.9. The van der Waals surface area contributed by atoms with Crippen LogP contribution in [0.3, 0.4) is 0 Å². The molecular formula is C18H19NO4. The largest absolute Gasteiger partial charge is 0.491 e. The Morgan fingerprint density at radius 2 is 1.91 bits per heavy atom. The molecule has 0 fully saturated rings. The number of rotatable bonds is 5. The number of para-hydroxylation sites is 4. The lowest BCUT2D eigenvalue weighted by atomic mass is 10.2. The molecule has 2 aromatic rings. The van der Waals surface area contributed by atoms with Crippen molar-refractivity contribution in [2.75, 3.05) is 18.5 Å². The standard InChI is InChI=1S/C18H19NO4/c1-2-11-21-14-8-4-3-7-13(14)19-18(20)17-12-22-15-9-5-6-10-16(15)23-17/h3-10,17H,2,11-12H2,1H3,(H,19,20)/t17-/m1/s1. The fraction of sp³-hybridized carbons (Fsp3) is 0.278. The van der Waals surface area contributed by atoms with Crippen LogP contribution in [0.5, 0.6) is 17.2 Å². The van der Waals surface area contributed by atoms with Crippen molar-refractivity contribution in [3.05, 3.63) is 48.5 Å². The molecule has 0 aromatic heterocycles. The zero-order valence-corrected chi connectivity index (χ0v) is 13.0. The Balaban J connectivity index is 1.68. The summed E-state index contributed by atoms with van der Waals surface area (Å²) in [6.45, 7) is 2.82. The summed E-state index contributed by atoms with van der Waals surface area (Å²) in [7, 11) is 0. The molecule has 1 N–H and O–H groups in total. The van der Waals surface area contributed by atoms with E-state index in [4.69, 9.17) is 14.2 Å². The molecule has 1 heterocycles. The van der Waals surface area contributed by atoms with Crippen molar-refractivity contribution in [2.45, 2.75) is 19.4 Å². The van der Waals surface area contributed by atoms with Gasteiger partial charge >= 0.3 is 0 Å². The highest BCUT2D eigenvalue weighted by molar-refractivity contribution is 5.96. The predicted molar refractivity (Wildman–Crippen MR) is 87.2 cm³/mol. The highest BCUT2D eigenvalue weighted by Gasteiger charge is 2.27. The molecule has 3 rings (SSSR count). The van der Waals surface area contributed by atoms with Gasteiger partial charge in [0.1, 0.15) is 12.4 Å². The van der Waals surface area contributed by atoms with Crippen molar-refractivity contribution in [3.63, 3.8) is 0 Å². The van der Waals surface area contributed by atoms with Crippen LogP contribution in [0.25, 0.3) is 0 Å². The van der Waals surface area contributed by atoms with Crippen molar-refractivity contribution in [1.82, 2.24) is 0 Å². The summed E-state index contributed by atoms with van der Waals surface area (Å²) in [4.78, 5) is 12.4. The quantitative estimate of drug-likeness (QED) is 0.920. The van der Waals surface area contributed by atoms with Crippen molar-refractivity contribution in [2.24, 2.45) is 0 Å². The SMILES string of the molecule is CCCOc1ccccc1NC(=O)[C@H]1COc2ccccc2O1. The lowest BCUT2D eigenvalue weighted by molar-refractivity contribution is -0.125. The second-order valence-corrected chi connectivity index (χ2v) is 5.20. The highest BCUT2D eigenvalue weighted by atomic mass is 16.6. The lowest BCUT2D eigenvalue weighted by Crippen LogP contribution is -2.40. The number of amides is 1. The third-order valence-electron chi connectivity index (χ3n) is 3.41. The van der Waals surface area contributed by atoms with Crippen LogP contribution in [0.15, 0.2) is 48.5 Å². The maximum atomic E-state index is 12.4. The van der Waals surface area contributed by atoms with Crippen LogP contribution in [0, 0.1) is 0 Å². The first kappa shape index (κ1) is 15.2. The highest BCUT2D eigenvalue weighted by Crippen LogP contribution is 2.31. The van der Waals surface area contributed by atoms with E-state index < -0.39 is 6.10 Å². The van der Waals surface area contributed by atoms with Gasteiger partial charge in [0.2, 0.25) is 6.10 Å². The molecule has 0 radical (unpaired) electrons. The van der Waals surface area contributed by atoms with E-state index in [1.54, 1.807) is 12.1 Å². The maximum absolute atomic E-state index is 12.4. The molecule has 1 atom stereocenters. The molecule has 0 saturated carbocycles. The number of carbonyl (C=O) groups excluding carboxylic acids is 1. The van der Waals surface area contributed by atoms with E-state index in [1.165, 1.54) is 0 Å². The van der Waals surface area contributed by atoms with Crippen LogP contribution in [0.2, 0.25) is 0 Å². The molecular weight excluding hydrogens is 294 g/mol. The zero-order chi connectivity index (χ0) is 16.1. The molecule has 1 aliphatic rings. The van der Waals surface area contributed by atoms with Crippen LogP contribution >= 0.6 is 0 Å². The van der Waals surface area contributed by atoms with Gasteiger partial charge in [-0.05, 0) is 30.7 Å². The molecule has 0 spiro atoms. The van der Waals surface area contributed by atoms with Gasteiger partial charge in [0, 0.05) is 0 Å². The minimum atomic E-state index is -0.691. The van der Waals surface area contributed by atoms with E-state index in [2.05, 4.69) is 5.32 Å². The lowest BCUT2D eigenvalue weighted by Gasteiger charge is -2.25. The Hall–Kier alpha value is -2.69. The first-order valence-corrected chi connectivity index (χ1v) is 7.69. The minimum Gasteiger partial charge on any atom is -0.491 e.